The summed E-state index contributed by atoms with van der Waals surface area (Å²) in [5.74, 6) is 2.09. The summed E-state index contributed by atoms with van der Waals surface area (Å²) < 4.78 is 0. The van der Waals surface area contributed by atoms with Gasteiger partial charge in [0.2, 0.25) is 0 Å². The second-order valence-corrected chi connectivity index (χ2v) is 12.1. The van der Waals surface area contributed by atoms with Crippen molar-refractivity contribution in [3.05, 3.63) is 35.5 Å². The molecule has 0 aliphatic heterocycles. The molecule has 0 heterocycles. The molecule has 0 amide bonds. The van der Waals surface area contributed by atoms with E-state index < -0.39 is 5.60 Å². The van der Waals surface area contributed by atoms with Crippen LogP contribution in [0.5, 0.6) is 0 Å². The number of hydrogen-bond donors (Lipinski definition) is 2. The minimum Gasteiger partial charge on any atom is -0.393 e. The highest BCUT2D eigenvalue weighted by Crippen LogP contribution is 2.66. The molecule has 4 rings (SSSR count). The molecule has 0 aromatic rings. The molecule has 7 atom stereocenters. The second kappa shape index (κ2) is 7.62. The monoisotopic (exact) mass is 412 g/mol. The van der Waals surface area contributed by atoms with Crippen LogP contribution in [-0.4, -0.2) is 21.9 Å². The Hall–Kier alpha value is -0.860. The number of aliphatic hydroxyl groups is 2. The maximum atomic E-state index is 11.6. The van der Waals surface area contributed by atoms with Gasteiger partial charge in [0.1, 0.15) is 0 Å². The van der Waals surface area contributed by atoms with Crippen LogP contribution >= 0.6 is 0 Å². The molecular weight excluding hydrogens is 368 g/mol. The van der Waals surface area contributed by atoms with E-state index in [2.05, 4.69) is 53.3 Å². The SMILES string of the molecule is C=C(CC[C@](C)(O)C1CCC2C3=CC=C4CC(O)CCC4(C)C3CC[C@@]21C)C(C)C. The molecule has 5 unspecified atom stereocenters. The van der Waals surface area contributed by atoms with Crippen LogP contribution in [-0.2, 0) is 0 Å². The van der Waals surface area contributed by atoms with E-state index in [1.54, 1.807) is 5.57 Å². The quantitative estimate of drug-likeness (QED) is 0.500. The van der Waals surface area contributed by atoms with E-state index in [0.717, 1.165) is 38.5 Å². The van der Waals surface area contributed by atoms with Crippen LogP contribution in [0.4, 0.5) is 0 Å². The molecule has 0 spiro atoms. The van der Waals surface area contributed by atoms with Gasteiger partial charge in [-0.1, -0.05) is 63.1 Å². The third-order valence-corrected chi connectivity index (χ3v) is 10.1. The summed E-state index contributed by atoms with van der Waals surface area (Å²) in [5.41, 5.74) is 4.21. The summed E-state index contributed by atoms with van der Waals surface area (Å²) in [6.07, 6.45) is 14.1. The normalized spacial score (nSPS) is 42.5. The molecule has 0 bridgehead atoms. The molecular formula is C28H44O2. The summed E-state index contributed by atoms with van der Waals surface area (Å²) in [4.78, 5) is 0. The van der Waals surface area contributed by atoms with Crippen molar-refractivity contribution in [2.45, 2.75) is 104 Å². The van der Waals surface area contributed by atoms with E-state index >= 15 is 0 Å². The topological polar surface area (TPSA) is 40.5 Å². The fourth-order valence-electron chi connectivity index (χ4n) is 7.88. The van der Waals surface area contributed by atoms with E-state index in [1.165, 1.54) is 30.4 Å². The average molecular weight is 413 g/mol. The molecule has 2 nitrogen and oxygen atoms in total. The van der Waals surface area contributed by atoms with Gasteiger partial charge in [-0.05, 0) is 99.2 Å². The van der Waals surface area contributed by atoms with Crippen LogP contribution in [0.15, 0.2) is 35.5 Å². The lowest BCUT2D eigenvalue weighted by Gasteiger charge is -2.55. The van der Waals surface area contributed by atoms with Crippen LogP contribution in [0.3, 0.4) is 0 Å². The van der Waals surface area contributed by atoms with Gasteiger partial charge in [-0.3, -0.25) is 0 Å². The molecule has 0 aromatic carbocycles. The van der Waals surface area contributed by atoms with Crippen LogP contribution in [0.2, 0.25) is 0 Å². The Morgan fingerprint density at radius 3 is 2.57 bits per heavy atom. The van der Waals surface area contributed by atoms with Gasteiger partial charge in [-0.25, -0.2) is 0 Å². The molecule has 0 saturated heterocycles. The van der Waals surface area contributed by atoms with Crippen molar-refractivity contribution < 1.29 is 10.2 Å². The first-order chi connectivity index (χ1) is 14.0. The smallest absolute Gasteiger partial charge is 0.0656 e. The van der Waals surface area contributed by atoms with Crippen LogP contribution in [0, 0.1) is 34.5 Å². The minimum absolute atomic E-state index is 0.153. The van der Waals surface area contributed by atoms with Crippen molar-refractivity contribution in [3.8, 4) is 0 Å². The van der Waals surface area contributed by atoms with Gasteiger partial charge in [0.15, 0.2) is 0 Å². The van der Waals surface area contributed by atoms with Gasteiger partial charge in [-0.2, -0.15) is 0 Å². The van der Waals surface area contributed by atoms with Crippen LogP contribution in [0.1, 0.15) is 92.4 Å². The van der Waals surface area contributed by atoms with E-state index in [4.69, 9.17) is 0 Å². The first-order valence-corrected chi connectivity index (χ1v) is 12.5. The number of allylic oxidation sites excluding steroid dienone is 4. The Balaban J connectivity index is 1.57. The first-order valence-electron chi connectivity index (χ1n) is 12.5. The fourth-order valence-corrected chi connectivity index (χ4v) is 7.88. The van der Waals surface area contributed by atoms with Crippen molar-refractivity contribution in [3.63, 3.8) is 0 Å². The molecule has 0 aromatic heterocycles. The first kappa shape index (κ1) is 22.3. The largest absolute Gasteiger partial charge is 0.393 e. The van der Waals surface area contributed by atoms with Gasteiger partial charge < -0.3 is 10.2 Å². The van der Waals surface area contributed by atoms with Crippen molar-refractivity contribution in [1.82, 2.24) is 0 Å². The Morgan fingerprint density at radius 2 is 1.87 bits per heavy atom. The highest BCUT2D eigenvalue weighted by atomic mass is 16.3. The predicted octanol–water partition coefficient (Wildman–Crippen LogP) is 6.59. The summed E-state index contributed by atoms with van der Waals surface area (Å²) in [5, 5.41) is 21.8. The zero-order valence-corrected chi connectivity index (χ0v) is 20.0. The summed E-state index contributed by atoms with van der Waals surface area (Å²) in [7, 11) is 0. The van der Waals surface area contributed by atoms with E-state index in [1.807, 2.05) is 0 Å². The average Bonchev–Trinajstić information content (AvgIpc) is 3.04. The summed E-state index contributed by atoms with van der Waals surface area (Å²) in [6, 6.07) is 0. The molecule has 168 valence electrons. The highest BCUT2D eigenvalue weighted by molar-refractivity contribution is 5.39. The Kier molecular flexibility index (Phi) is 5.68. The maximum Gasteiger partial charge on any atom is 0.0656 e. The lowest BCUT2D eigenvalue weighted by Crippen LogP contribution is -2.49. The van der Waals surface area contributed by atoms with E-state index in [9.17, 15) is 10.2 Å². The number of hydrogen-bond acceptors (Lipinski definition) is 2. The second-order valence-electron chi connectivity index (χ2n) is 12.1. The third kappa shape index (κ3) is 3.47. The third-order valence-electron chi connectivity index (χ3n) is 10.1. The number of fused-ring (bicyclic) bond motifs is 5. The minimum atomic E-state index is -0.622. The van der Waals surface area contributed by atoms with Gasteiger partial charge in [-0.15, -0.1) is 0 Å². The molecule has 4 aliphatic rings. The Labute approximate surface area is 184 Å². The standard InChI is InChI=1S/C28H44O2/c1-18(2)19(3)11-16-28(6,30)25-10-9-23-22-8-7-20-17-21(29)12-14-26(20,4)24(22)13-15-27(23,25)5/h7-8,18,21,23-25,29-30H,3,9-17H2,1-2,4-6H3/t21?,23?,24?,25?,26?,27-,28-/m0/s1. The van der Waals surface area contributed by atoms with E-state index in [-0.39, 0.29) is 16.9 Å². The van der Waals surface area contributed by atoms with Gasteiger partial charge in [0, 0.05) is 0 Å². The molecule has 30 heavy (non-hydrogen) atoms. The fraction of sp³-hybridized carbons (Fsp3) is 0.786. The Morgan fingerprint density at radius 1 is 1.13 bits per heavy atom. The maximum absolute atomic E-state index is 11.6. The van der Waals surface area contributed by atoms with Crippen LogP contribution < -0.4 is 0 Å². The zero-order chi connectivity index (χ0) is 21.9. The van der Waals surface area contributed by atoms with Crippen molar-refractivity contribution in [2.24, 2.45) is 34.5 Å². The van der Waals surface area contributed by atoms with E-state index in [0.29, 0.717) is 23.7 Å². The molecule has 3 saturated carbocycles. The lowest BCUT2D eigenvalue weighted by atomic mass is 9.49. The van der Waals surface area contributed by atoms with Crippen LogP contribution in [0.25, 0.3) is 0 Å². The predicted molar refractivity (Wildman–Crippen MR) is 125 cm³/mol. The van der Waals surface area contributed by atoms with Crippen molar-refractivity contribution >= 4 is 0 Å². The summed E-state index contributed by atoms with van der Waals surface area (Å²) in [6.45, 7) is 15.7. The van der Waals surface area contributed by atoms with Gasteiger partial charge in [0.05, 0.1) is 11.7 Å². The number of aliphatic hydroxyl groups excluding tert-OH is 1. The zero-order valence-electron chi connectivity index (χ0n) is 20.0. The van der Waals surface area contributed by atoms with Crippen molar-refractivity contribution in [2.75, 3.05) is 0 Å². The van der Waals surface area contributed by atoms with Gasteiger partial charge >= 0.3 is 0 Å². The Bertz CT molecular complexity index is 757. The molecule has 2 N–H and O–H groups in total. The highest BCUT2D eigenvalue weighted by Gasteiger charge is 2.59. The van der Waals surface area contributed by atoms with Gasteiger partial charge in [0.25, 0.3) is 0 Å². The molecule has 0 radical (unpaired) electrons. The number of rotatable bonds is 5. The molecule has 4 aliphatic carbocycles. The lowest BCUT2D eigenvalue weighted by molar-refractivity contribution is -0.0711. The van der Waals surface area contributed by atoms with Crippen molar-refractivity contribution in [1.29, 1.82) is 0 Å². The molecule has 2 heteroatoms. The summed E-state index contributed by atoms with van der Waals surface area (Å²) >= 11 is 0. The molecule has 3 fully saturated rings.